The van der Waals surface area contributed by atoms with Crippen LogP contribution in [0.25, 0.3) is 0 Å². The van der Waals surface area contributed by atoms with E-state index in [4.69, 9.17) is 0 Å². The predicted molar refractivity (Wildman–Crippen MR) is 132 cm³/mol. The summed E-state index contributed by atoms with van der Waals surface area (Å²) in [6.07, 6.45) is 0.413. The molecule has 4 rings (SSSR count). The van der Waals surface area contributed by atoms with Crippen molar-refractivity contribution in [1.82, 2.24) is 14.5 Å². The molecule has 33 heavy (non-hydrogen) atoms. The molecule has 1 amide bonds. The Bertz CT molecular complexity index is 1080. The third-order valence-electron chi connectivity index (χ3n) is 6.70. The molecule has 0 saturated carbocycles. The molecule has 1 N–H and O–H groups in total. The number of carbonyl (C=O) groups is 1. The summed E-state index contributed by atoms with van der Waals surface area (Å²) in [6.45, 7) is 9.07. The maximum Gasteiger partial charge on any atom is 0.238 e. The fourth-order valence-corrected chi connectivity index (χ4v) is 5.92. The van der Waals surface area contributed by atoms with Crippen LogP contribution < -0.4 is 10.2 Å². The van der Waals surface area contributed by atoms with Gasteiger partial charge in [-0.25, -0.2) is 8.42 Å². The molecule has 2 aromatic carbocycles. The van der Waals surface area contributed by atoms with E-state index in [9.17, 15) is 13.2 Å². The minimum atomic E-state index is -3.48. The first-order chi connectivity index (χ1) is 15.9. The first-order valence-electron chi connectivity index (χ1n) is 11.8. The Kier molecular flexibility index (Phi) is 7.36. The van der Waals surface area contributed by atoms with Crippen molar-refractivity contribution in [3.8, 4) is 0 Å². The van der Waals surface area contributed by atoms with Crippen LogP contribution in [-0.4, -0.2) is 74.6 Å². The van der Waals surface area contributed by atoms with E-state index in [2.05, 4.69) is 46.3 Å². The van der Waals surface area contributed by atoms with Gasteiger partial charge in [0.15, 0.2) is 0 Å². The first kappa shape index (κ1) is 23.7. The maximum atomic E-state index is 13.0. The van der Waals surface area contributed by atoms with Crippen LogP contribution in [-0.2, 0) is 27.8 Å². The molecule has 0 aliphatic carbocycles. The van der Waals surface area contributed by atoms with Crippen LogP contribution in [0.3, 0.4) is 0 Å². The van der Waals surface area contributed by atoms with Gasteiger partial charge in [-0.3, -0.25) is 9.69 Å². The molecule has 2 aliphatic heterocycles. The summed E-state index contributed by atoms with van der Waals surface area (Å²) in [4.78, 5) is 17.8. The van der Waals surface area contributed by atoms with Crippen molar-refractivity contribution in [3.63, 3.8) is 0 Å². The lowest BCUT2D eigenvalue weighted by molar-refractivity contribution is -0.125. The number of nitrogens with zero attached hydrogens (tertiary/aromatic N) is 3. The number of nitrogens with one attached hydrogen (secondary N) is 1. The van der Waals surface area contributed by atoms with E-state index in [-0.39, 0.29) is 18.2 Å². The predicted octanol–water partition coefficient (Wildman–Crippen LogP) is 2.01. The second kappa shape index (κ2) is 10.2. The molecule has 178 valence electrons. The van der Waals surface area contributed by atoms with Gasteiger partial charge in [-0.15, -0.1) is 0 Å². The van der Waals surface area contributed by atoms with Crippen LogP contribution in [0.2, 0.25) is 0 Å². The molecular formula is C25H34N4O3S. The summed E-state index contributed by atoms with van der Waals surface area (Å²) in [6, 6.07) is 15.7. The normalized spacial score (nSPS) is 19.8. The van der Waals surface area contributed by atoms with Crippen LogP contribution in [0.5, 0.6) is 0 Å². The van der Waals surface area contributed by atoms with Crippen LogP contribution in [0.15, 0.2) is 48.5 Å². The smallest absolute Gasteiger partial charge is 0.238 e. The lowest BCUT2D eigenvalue weighted by Gasteiger charge is -2.37. The van der Waals surface area contributed by atoms with E-state index < -0.39 is 16.1 Å². The van der Waals surface area contributed by atoms with E-state index >= 15 is 0 Å². The van der Waals surface area contributed by atoms with Crippen molar-refractivity contribution in [2.75, 3.05) is 49.9 Å². The van der Waals surface area contributed by atoms with Crippen molar-refractivity contribution >= 4 is 21.6 Å². The van der Waals surface area contributed by atoms with Crippen LogP contribution in [0.4, 0.5) is 5.69 Å². The Labute approximate surface area is 197 Å². The van der Waals surface area contributed by atoms with Crippen molar-refractivity contribution < 1.29 is 13.2 Å². The number of hydrogen-bond acceptors (Lipinski definition) is 5. The highest BCUT2D eigenvalue weighted by Crippen LogP contribution is 2.26. The van der Waals surface area contributed by atoms with Gasteiger partial charge in [-0.1, -0.05) is 36.4 Å². The van der Waals surface area contributed by atoms with Gasteiger partial charge < -0.3 is 10.2 Å². The van der Waals surface area contributed by atoms with Gasteiger partial charge in [0.25, 0.3) is 0 Å². The van der Waals surface area contributed by atoms with Crippen molar-refractivity contribution in [1.29, 1.82) is 0 Å². The quantitative estimate of drug-likeness (QED) is 0.670. The van der Waals surface area contributed by atoms with E-state index in [1.54, 1.807) is 6.92 Å². The third-order valence-corrected chi connectivity index (χ3v) is 8.52. The number of fused-ring (bicyclic) bond motifs is 1. The average molecular weight is 471 g/mol. The Hall–Kier alpha value is -2.42. The highest BCUT2D eigenvalue weighted by Gasteiger charge is 2.37. The second-order valence-corrected chi connectivity index (χ2v) is 11.1. The molecule has 8 heteroatoms. The fourth-order valence-electron chi connectivity index (χ4n) is 4.69. The zero-order chi connectivity index (χ0) is 23.4. The number of hydrogen-bond donors (Lipinski definition) is 1. The molecule has 0 aromatic heterocycles. The first-order valence-corrected chi connectivity index (χ1v) is 13.4. The molecule has 1 unspecified atom stereocenters. The summed E-state index contributed by atoms with van der Waals surface area (Å²) < 4.78 is 26.8. The van der Waals surface area contributed by atoms with Gasteiger partial charge in [0, 0.05) is 51.5 Å². The molecule has 2 aromatic rings. The molecule has 0 spiro atoms. The topological polar surface area (TPSA) is 73.0 Å². The molecular weight excluding hydrogens is 436 g/mol. The summed E-state index contributed by atoms with van der Waals surface area (Å²) in [7, 11) is -3.48. The SMILES string of the molecule is CCS(=O)(=O)N1Cc2ccccc2CC1C(=O)NCCN1CCN(c2cccc(C)c2)CC1. The lowest BCUT2D eigenvalue weighted by atomic mass is 9.95. The van der Waals surface area contributed by atoms with Crippen LogP contribution in [0, 0.1) is 6.92 Å². The standard InChI is InChI=1S/C25H34N4O3S/c1-3-33(31,32)29-19-22-9-5-4-8-21(22)18-24(29)25(30)26-11-12-27-13-15-28(16-14-27)23-10-6-7-20(2)17-23/h4-10,17,24H,3,11-16,18-19H2,1-2H3,(H,26,30). The number of rotatable bonds is 7. The Morgan fingerprint density at radius 1 is 1.03 bits per heavy atom. The Morgan fingerprint density at radius 3 is 2.45 bits per heavy atom. The number of sulfonamides is 1. The Morgan fingerprint density at radius 2 is 1.76 bits per heavy atom. The van der Waals surface area contributed by atoms with Crippen LogP contribution >= 0.6 is 0 Å². The highest BCUT2D eigenvalue weighted by molar-refractivity contribution is 7.89. The lowest BCUT2D eigenvalue weighted by Crippen LogP contribution is -2.54. The zero-order valence-corrected chi connectivity index (χ0v) is 20.4. The number of carbonyl (C=O) groups excluding carboxylic acids is 1. The fraction of sp³-hybridized carbons (Fsp3) is 0.480. The van der Waals surface area contributed by atoms with Crippen molar-refractivity contribution in [3.05, 3.63) is 65.2 Å². The molecule has 2 heterocycles. The van der Waals surface area contributed by atoms with Gasteiger partial charge in [0.1, 0.15) is 6.04 Å². The largest absolute Gasteiger partial charge is 0.369 e. The maximum absolute atomic E-state index is 13.0. The molecule has 0 radical (unpaired) electrons. The molecule has 2 aliphatic rings. The van der Waals surface area contributed by atoms with E-state index in [0.717, 1.165) is 43.9 Å². The highest BCUT2D eigenvalue weighted by atomic mass is 32.2. The van der Waals surface area contributed by atoms with Gasteiger partial charge in [0.2, 0.25) is 15.9 Å². The number of aryl methyl sites for hydroxylation is 1. The van der Waals surface area contributed by atoms with Crippen LogP contribution in [0.1, 0.15) is 23.6 Å². The molecule has 1 saturated heterocycles. The van der Waals surface area contributed by atoms with Gasteiger partial charge in [0.05, 0.1) is 5.75 Å². The zero-order valence-electron chi connectivity index (χ0n) is 19.5. The second-order valence-electron chi connectivity index (χ2n) is 8.89. The summed E-state index contributed by atoms with van der Waals surface area (Å²) in [5.41, 5.74) is 4.55. The van der Waals surface area contributed by atoms with E-state index in [1.165, 1.54) is 15.6 Å². The Balaban J connectivity index is 1.31. The summed E-state index contributed by atoms with van der Waals surface area (Å²) >= 11 is 0. The minimum absolute atomic E-state index is 0.00976. The number of amides is 1. The molecule has 1 atom stereocenters. The number of piperazine rings is 1. The van der Waals surface area contributed by atoms with Crippen molar-refractivity contribution in [2.45, 2.75) is 32.9 Å². The van der Waals surface area contributed by atoms with Gasteiger partial charge in [-0.2, -0.15) is 4.31 Å². The van der Waals surface area contributed by atoms with Crippen molar-refractivity contribution in [2.24, 2.45) is 0 Å². The monoisotopic (exact) mass is 470 g/mol. The third kappa shape index (κ3) is 5.57. The summed E-state index contributed by atoms with van der Waals surface area (Å²) in [5, 5.41) is 3.01. The number of anilines is 1. The molecule has 0 bridgehead atoms. The molecule has 1 fully saturated rings. The summed E-state index contributed by atoms with van der Waals surface area (Å²) in [5.74, 6) is -0.218. The number of benzene rings is 2. The molecule has 7 nitrogen and oxygen atoms in total. The minimum Gasteiger partial charge on any atom is -0.369 e. The van der Waals surface area contributed by atoms with E-state index in [1.807, 2.05) is 24.3 Å². The van der Waals surface area contributed by atoms with E-state index in [0.29, 0.717) is 13.0 Å². The van der Waals surface area contributed by atoms with Gasteiger partial charge in [-0.05, 0) is 49.1 Å². The van der Waals surface area contributed by atoms with Gasteiger partial charge >= 0.3 is 0 Å². The average Bonchev–Trinajstić information content (AvgIpc) is 2.83.